The molecule has 0 radical (unpaired) electrons. The van der Waals surface area contributed by atoms with Crippen LogP contribution in [0.1, 0.15) is 77.6 Å². The highest BCUT2D eigenvalue weighted by atomic mass is 28.3. The summed E-state index contributed by atoms with van der Waals surface area (Å²) in [5, 5.41) is 1.89. The first-order valence-corrected chi connectivity index (χ1v) is 11.8. The zero-order valence-electron chi connectivity index (χ0n) is 13.3. The van der Waals surface area contributed by atoms with Gasteiger partial charge in [0.1, 0.15) is 0 Å². The summed E-state index contributed by atoms with van der Waals surface area (Å²) < 4.78 is 0. The molecule has 0 fully saturated rings. The second kappa shape index (κ2) is 8.19. The number of rotatable bonds is 11. The summed E-state index contributed by atoms with van der Waals surface area (Å²) >= 11 is 0. The smallest absolute Gasteiger partial charge is 0.0728 e. The Labute approximate surface area is 116 Å². The Kier molecular flexibility index (Phi) is 7.29. The minimum absolute atomic E-state index is 0.901. The van der Waals surface area contributed by atoms with Crippen molar-refractivity contribution in [1.29, 1.82) is 0 Å². The zero-order valence-corrected chi connectivity index (χ0v) is 14.3. The lowest BCUT2D eigenvalue weighted by Crippen LogP contribution is -2.18. The molecule has 0 bridgehead atoms. The van der Waals surface area contributed by atoms with Gasteiger partial charge in [0, 0.05) is 0 Å². The SMILES string of the molecule is CCCCCCCCCCCC1=C([Si](C)(C)C)C1. The van der Waals surface area contributed by atoms with E-state index < -0.39 is 8.07 Å². The van der Waals surface area contributed by atoms with E-state index in [1.54, 1.807) is 0 Å². The van der Waals surface area contributed by atoms with Gasteiger partial charge in [-0.2, -0.15) is 0 Å². The molecule has 0 aromatic carbocycles. The molecular formula is C17H34Si. The average molecular weight is 267 g/mol. The minimum Gasteiger partial charge on any atom is -0.0776 e. The van der Waals surface area contributed by atoms with E-state index in [-0.39, 0.29) is 0 Å². The van der Waals surface area contributed by atoms with E-state index >= 15 is 0 Å². The fourth-order valence-corrected chi connectivity index (χ4v) is 4.78. The molecule has 1 heteroatoms. The molecule has 0 atom stereocenters. The van der Waals surface area contributed by atoms with Crippen LogP contribution in [0.4, 0.5) is 0 Å². The van der Waals surface area contributed by atoms with Gasteiger partial charge < -0.3 is 0 Å². The van der Waals surface area contributed by atoms with Gasteiger partial charge in [0.25, 0.3) is 0 Å². The molecule has 0 N–H and O–H groups in total. The van der Waals surface area contributed by atoms with E-state index in [1.807, 2.05) is 10.8 Å². The lowest BCUT2D eigenvalue weighted by atomic mass is 10.1. The third-order valence-corrected chi connectivity index (χ3v) is 6.52. The fourth-order valence-electron chi connectivity index (χ4n) is 2.85. The molecule has 0 heterocycles. The summed E-state index contributed by atoms with van der Waals surface area (Å²) in [6, 6.07) is 0. The highest BCUT2D eigenvalue weighted by molar-refractivity contribution is 6.84. The molecule has 1 rings (SSSR count). The van der Waals surface area contributed by atoms with Crippen molar-refractivity contribution in [2.75, 3.05) is 0 Å². The van der Waals surface area contributed by atoms with Gasteiger partial charge in [0.05, 0.1) is 8.07 Å². The molecule has 0 spiro atoms. The van der Waals surface area contributed by atoms with Crippen molar-refractivity contribution in [2.45, 2.75) is 97.2 Å². The van der Waals surface area contributed by atoms with Gasteiger partial charge in [0.2, 0.25) is 0 Å². The van der Waals surface area contributed by atoms with Crippen molar-refractivity contribution >= 4 is 8.07 Å². The third kappa shape index (κ3) is 6.77. The largest absolute Gasteiger partial charge is 0.0776 e. The maximum Gasteiger partial charge on any atom is 0.0728 e. The topological polar surface area (TPSA) is 0 Å². The van der Waals surface area contributed by atoms with Crippen molar-refractivity contribution in [3.05, 3.63) is 10.8 Å². The fraction of sp³-hybridized carbons (Fsp3) is 0.882. The molecule has 1 aliphatic carbocycles. The van der Waals surface area contributed by atoms with Crippen LogP contribution in [-0.4, -0.2) is 8.07 Å². The van der Waals surface area contributed by atoms with Crippen molar-refractivity contribution in [2.24, 2.45) is 0 Å². The summed E-state index contributed by atoms with van der Waals surface area (Å²) in [4.78, 5) is 0. The number of allylic oxidation sites excluding steroid dienone is 2. The van der Waals surface area contributed by atoms with E-state index in [0.717, 1.165) is 0 Å². The number of unbranched alkanes of at least 4 members (excludes halogenated alkanes) is 8. The second-order valence-electron chi connectivity index (χ2n) is 7.09. The Bertz CT molecular complexity index is 257. The Hall–Kier alpha value is -0.0431. The molecule has 18 heavy (non-hydrogen) atoms. The summed E-state index contributed by atoms with van der Waals surface area (Å²) in [6.45, 7) is 9.77. The summed E-state index contributed by atoms with van der Waals surface area (Å²) in [7, 11) is -0.901. The maximum absolute atomic E-state index is 2.49. The normalized spacial score (nSPS) is 15.3. The van der Waals surface area contributed by atoms with Crippen LogP contribution in [0.3, 0.4) is 0 Å². The van der Waals surface area contributed by atoms with E-state index in [4.69, 9.17) is 0 Å². The van der Waals surface area contributed by atoms with Gasteiger partial charge in [-0.25, -0.2) is 0 Å². The predicted octanol–water partition coefficient (Wildman–Crippen LogP) is 6.49. The van der Waals surface area contributed by atoms with E-state index in [2.05, 4.69) is 26.6 Å². The Morgan fingerprint density at radius 1 is 0.778 bits per heavy atom. The summed E-state index contributed by atoms with van der Waals surface area (Å²) in [6.07, 6.45) is 15.9. The van der Waals surface area contributed by atoms with Gasteiger partial charge in [-0.3, -0.25) is 0 Å². The molecule has 0 saturated carbocycles. The van der Waals surface area contributed by atoms with Crippen LogP contribution in [0.5, 0.6) is 0 Å². The molecule has 0 nitrogen and oxygen atoms in total. The van der Waals surface area contributed by atoms with Crippen LogP contribution < -0.4 is 0 Å². The van der Waals surface area contributed by atoms with Crippen LogP contribution in [-0.2, 0) is 0 Å². The standard InChI is InChI=1S/C17H34Si/c1-5-6-7-8-9-10-11-12-13-14-16-15-17(16)18(2,3)4/h5-15H2,1-4H3. The summed E-state index contributed by atoms with van der Waals surface area (Å²) in [5.41, 5.74) is 1.84. The Morgan fingerprint density at radius 2 is 1.28 bits per heavy atom. The highest BCUT2D eigenvalue weighted by Crippen LogP contribution is 2.41. The first-order chi connectivity index (χ1) is 8.55. The predicted molar refractivity (Wildman–Crippen MR) is 86.8 cm³/mol. The molecule has 0 aromatic rings. The lowest BCUT2D eigenvalue weighted by Gasteiger charge is -2.09. The number of hydrogen-bond acceptors (Lipinski definition) is 0. The van der Waals surface area contributed by atoms with Crippen LogP contribution in [0.15, 0.2) is 10.8 Å². The van der Waals surface area contributed by atoms with Gasteiger partial charge in [-0.05, 0) is 19.3 Å². The molecule has 0 amide bonds. The monoisotopic (exact) mass is 266 g/mol. The highest BCUT2D eigenvalue weighted by Gasteiger charge is 2.31. The molecular weight excluding hydrogens is 232 g/mol. The van der Waals surface area contributed by atoms with Gasteiger partial charge in [-0.15, -0.1) is 0 Å². The molecule has 0 saturated heterocycles. The third-order valence-electron chi connectivity index (χ3n) is 4.18. The molecule has 0 aliphatic heterocycles. The maximum atomic E-state index is 2.49. The number of hydrogen-bond donors (Lipinski definition) is 0. The van der Waals surface area contributed by atoms with Gasteiger partial charge in [0.15, 0.2) is 0 Å². The second-order valence-corrected chi connectivity index (χ2v) is 12.2. The zero-order chi connectivity index (χ0) is 13.4. The molecule has 0 unspecified atom stereocenters. The van der Waals surface area contributed by atoms with Crippen molar-refractivity contribution < 1.29 is 0 Å². The van der Waals surface area contributed by atoms with Crippen molar-refractivity contribution in [3.8, 4) is 0 Å². The molecule has 106 valence electrons. The van der Waals surface area contributed by atoms with Crippen molar-refractivity contribution in [1.82, 2.24) is 0 Å². The van der Waals surface area contributed by atoms with Gasteiger partial charge in [-0.1, -0.05) is 88.7 Å². The van der Waals surface area contributed by atoms with Crippen LogP contribution >= 0.6 is 0 Å². The first kappa shape index (κ1) is 16.0. The van der Waals surface area contributed by atoms with E-state index in [1.165, 1.54) is 70.6 Å². The minimum atomic E-state index is -0.901. The Balaban J connectivity index is 1.87. The van der Waals surface area contributed by atoms with Crippen molar-refractivity contribution in [3.63, 3.8) is 0 Å². The van der Waals surface area contributed by atoms with E-state index in [9.17, 15) is 0 Å². The van der Waals surface area contributed by atoms with Crippen LogP contribution in [0.2, 0.25) is 19.6 Å². The Morgan fingerprint density at radius 3 is 1.72 bits per heavy atom. The first-order valence-electron chi connectivity index (χ1n) is 8.27. The quantitative estimate of drug-likeness (QED) is 0.296. The average Bonchev–Trinajstić information content (AvgIpc) is 3.06. The molecule has 1 aliphatic rings. The lowest BCUT2D eigenvalue weighted by molar-refractivity contribution is 0.565. The van der Waals surface area contributed by atoms with Crippen LogP contribution in [0.25, 0.3) is 0 Å². The van der Waals surface area contributed by atoms with E-state index in [0.29, 0.717) is 0 Å². The molecule has 0 aromatic heterocycles. The van der Waals surface area contributed by atoms with Crippen LogP contribution in [0, 0.1) is 0 Å². The summed E-state index contributed by atoms with van der Waals surface area (Å²) in [5.74, 6) is 0. The van der Waals surface area contributed by atoms with Gasteiger partial charge >= 0.3 is 0 Å².